The quantitative estimate of drug-likeness (QED) is 0.649. The average molecular weight is 210 g/mol. The van der Waals surface area contributed by atoms with E-state index in [0.717, 1.165) is 32.8 Å². The molecule has 0 bridgehead atoms. The molecule has 0 aliphatic carbocycles. The van der Waals surface area contributed by atoms with Gasteiger partial charge in [0.2, 0.25) is 0 Å². The lowest BCUT2D eigenvalue weighted by atomic mass is 10.0. The molecule has 86 valence electrons. The summed E-state index contributed by atoms with van der Waals surface area (Å²) in [4.78, 5) is 2.18. The number of ether oxygens (including phenoxy) is 1. The first-order chi connectivity index (χ1) is 7.27. The van der Waals surface area contributed by atoms with Gasteiger partial charge in [0.1, 0.15) is 0 Å². The molecule has 1 aliphatic heterocycles. The minimum Gasteiger partial charge on any atom is -0.379 e. The Morgan fingerprint density at radius 3 is 3.00 bits per heavy atom. The van der Waals surface area contributed by atoms with Crippen LogP contribution in [0.25, 0.3) is 0 Å². The lowest BCUT2D eigenvalue weighted by Crippen LogP contribution is -2.41. The molecule has 0 amide bonds. The Hall–Kier alpha value is -0.560. The summed E-state index contributed by atoms with van der Waals surface area (Å²) in [6.45, 7) is 6.69. The van der Waals surface area contributed by atoms with Crippen molar-refractivity contribution in [3.63, 3.8) is 0 Å². The maximum atomic E-state index is 5.50. The molecule has 0 radical (unpaired) electrons. The van der Waals surface area contributed by atoms with Gasteiger partial charge in [0.15, 0.2) is 0 Å². The summed E-state index contributed by atoms with van der Waals surface area (Å²) in [5.74, 6) is 3.24. The van der Waals surface area contributed by atoms with Crippen LogP contribution < -0.4 is 5.32 Å². The minimum atomic E-state index is 0.505. The van der Waals surface area contributed by atoms with Crippen molar-refractivity contribution in [3.8, 4) is 12.3 Å². The van der Waals surface area contributed by atoms with E-state index >= 15 is 0 Å². The van der Waals surface area contributed by atoms with Crippen LogP contribution in [0.15, 0.2) is 0 Å². The molecule has 1 heterocycles. The molecule has 0 aromatic heterocycles. The first-order valence-corrected chi connectivity index (χ1v) is 5.71. The summed E-state index contributed by atoms with van der Waals surface area (Å²) in [5, 5.41) is 3.53. The Labute approximate surface area is 93.2 Å². The third-order valence-corrected chi connectivity index (χ3v) is 2.76. The zero-order valence-corrected chi connectivity index (χ0v) is 9.83. The first-order valence-electron chi connectivity index (χ1n) is 5.71. The van der Waals surface area contributed by atoms with Crippen molar-refractivity contribution in [2.75, 3.05) is 39.9 Å². The zero-order valence-electron chi connectivity index (χ0n) is 9.83. The molecule has 3 nitrogen and oxygen atoms in total. The average Bonchev–Trinajstić information content (AvgIpc) is 2.63. The van der Waals surface area contributed by atoms with Gasteiger partial charge in [0, 0.05) is 18.5 Å². The Kier molecular flexibility index (Phi) is 5.70. The smallest absolute Gasteiger partial charge is 0.0623 e. The molecular formula is C12H22N2O. The van der Waals surface area contributed by atoms with E-state index in [9.17, 15) is 0 Å². The molecule has 0 spiro atoms. The van der Waals surface area contributed by atoms with Crippen molar-refractivity contribution in [2.45, 2.75) is 19.4 Å². The number of hydrogen-bond acceptors (Lipinski definition) is 3. The first kappa shape index (κ1) is 12.5. The van der Waals surface area contributed by atoms with Crippen LogP contribution in [0.2, 0.25) is 0 Å². The van der Waals surface area contributed by atoms with Gasteiger partial charge in [-0.1, -0.05) is 12.8 Å². The molecule has 1 fully saturated rings. The van der Waals surface area contributed by atoms with Crippen LogP contribution in [0.1, 0.15) is 13.3 Å². The van der Waals surface area contributed by atoms with Crippen molar-refractivity contribution in [1.82, 2.24) is 10.2 Å². The summed E-state index contributed by atoms with van der Waals surface area (Å²) in [6.07, 6.45) is 6.45. The topological polar surface area (TPSA) is 24.5 Å². The van der Waals surface area contributed by atoms with Crippen molar-refractivity contribution in [2.24, 2.45) is 5.92 Å². The second-order valence-corrected chi connectivity index (χ2v) is 4.26. The summed E-state index contributed by atoms with van der Waals surface area (Å²) >= 11 is 0. The van der Waals surface area contributed by atoms with Gasteiger partial charge in [-0.3, -0.25) is 4.90 Å². The Morgan fingerprint density at radius 1 is 1.53 bits per heavy atom. The molecular weight excluding hydrogens is 188 g/mol. The molecule has 1 N–H and O–H groups in total. The van der Waals surface area contributed by atoms with Crippen molar-refractivity contribution < 1.29 is 4.74 Å². The Balaban J connectivity index is 2.29. The van der Waals surface area contributed by atoms with E-state index in [2.05, 4.69) is 30.1 Å². The number of hydrogen-bond donors (Lipinski definition) is 1. The van der Waals surface area contributed by atoms with Crippen LogP contribution in [-0.2, 0) is 4.74 Å². The van der Waals surface area contributed by atoms with E-state index < -0.39 is 0 Å². The number of nitrogens with zero attached hydrogens (tertiary/aromatic N) is 1. The van der Waals surface area contributed by atoms with Crippen LogP contribution in [0.4, 0.5) is 0 Å². The van der Waals surface area contributed by atoms with E-state index in [1.165, 1.54) is 6.42 Å². The van der Waals surface area contributed by atoms with Crippen LogP contribution in [-0.4, -0.2) is 50.8 Å². The van der Waals surface area contributed by atoms with Gasteiger partial charge in [-0.15, -0.1) is 6.42 Å². The number of nitrogens with one attached hydrogen (secondary N) is 1. The fourth-order valence-corrected chi connectivity index (χ4v) is 1.95. The second kappa shape index (κ2) is 6.84. The normalized spacial score (nSPS) is 25.7. The van der Waals surface area contributed by atoms with Gasteiger partial charge in [0.25, 0.3) is 0 Å². The third kappa shape index (κ3) is 4.21. The summed E-state index contributed by atoms with van der Waals surface area (Å²) in [5.41, 5.74) is 0. The van der Waals surface area contributed by atoms with Crippen molar-refractivity contribution in [1.29, 1.82) is 0 Å². The number of terminal acetylenes is 1. The largest absolute Gasteiger partial charge is 0.379 e. The van der Waals surface area contributed by atoms with E-state index in [-0.39, 0.29) is 0 Å². The fourth-order valence-electron chi connectivity index (χ4n) is 1.95. The highest BCUT2D eigenvalue weighted by atomic mass is 16.5. The highest BCUT2D eigenvalue weighted by Gasteiger charge is 2.28. The Bertz CT molecular complexity index is 212. The molecule has 2 atom stereocenters. The van der Waals surface area contributed by atoms with Crippen molar-refractivity contribution in [3.05, 3.63) is 0 Å². The summed E-state index contributed by atoms with van der Waals surface area (Å²) in [7, 11) is 2.06. The van der Waals surface area contributed by atoms with Crippen LogP contribution in [0, 0.1) is 18.3 Å². The highest BCUT2D eigenvalue weighted by Crippen LogP contribution is 2.14. The van der Waals surface area contributed by atoms with Crippen molar-refractivity contribution >= 4 is 0 Å². The molecule has 0 aromatic carbocycles. The van der Waals surface area contributed by atoms with E-state index in [1.807, 2.05) is 0 Å². The number of rotatable bonds is 6. The van der Waals surface area contributed by atoms with E-state index in [4.69, 9.17) is 11.2 Å². The van der Waals surface area contributed by atoms with Gasteiger partial charge < -0.3 is 10.1 Å². The maximum absolute atomic E-state index is 5.50. The van der Waals surface area contributed by atoms with Gasteiger partial charge >= 0.3 is 0 Å². The lowest BCUT2D eigenvalue weighted by Gasteiger charge is -2.23. The van der Waals surface area contributed by atoms with Crippen LogP contribution >= 0.6 is 0 Å². The molecule has 1 rings (SSSR count). The molecule has 0 saturated carbocycles. The van der Waals surface area contributed by atoms with Gasteiger partial charge in [-0.25, -0.2) is 0 Å². The van der Waals surface area contributed by atoms with Crippen LogP contribution in [0.3, 0.4) is 0 Å². The second-order valence-electron chi connectivity index (χ2n) is 4.26. The predicted octanol–water partition coefficient (Wildman–Crippen LogP) is 0.566. The fraction of sp³-hybridized carbons (Fsp3) is 0.833. The lowest BCUT2D eigenvalue weighted by molar-refractivity contribution is 0.175. The molecule has 1 saturated heterocycles. The Morgan fingerprint density at radius 2 is 2.33 bits per heavy atom. The molecule has 15 heavy (non-hydrogen) atoms. The predicted molar refractivity (Wildman–Crippen MR) is 62.7 cm³/mol. The zero-order chi connectivity index (χ0) is 11.1. The van der Waals surface area contributed by atoms with E-state index in [1.54, 1.807) is 0 Å². The minimum absolute atomic E-state index is 0.505. The monoisotopic (exact) mass is 210 g/mol. The summed E-state index contributed by atoms with van der Waals surface area (Å²) < 4.78 is 5.50. The molecule has 0 aromatic rings. The molecule has 1 aliphatic rings. The standard InChI is InChI=1S/C12H22N2O/c1-4-6-13-12-10-15-9-11(12)8-14(3)7-5-2/h2,11-13H,4,6-10H2,1,3H3. The van der Waals surface area contributed by atoms with Crippen LogP contribution in [0.5, 0.6) is 0 Å². The molecule has 2 unspecified atom stereocenters. The highest BCUT2D eigenvalue weighted by molar-refractivity contribution is 4.89. The van der Waals surface area contributed by atoms with Gasteiger partial charge in [-0.2, -0.15) is 0 Å². The van der Waals surface area contributed by atoms with Gasteiger partial charge in [-0.05, 0) is 20.0 Å². The maximum Gasteiger partial charge on any atom is 0.0623 e. The molecule has 3 heteroatoms. The van der Waals surface area contributed by atoms with Gasteiger partial charge in [0.05, 0.1) is 19.8 Å². The SMILES string of the molecule is C#CCN(C)CC1COCC1NCCC. The summed E-state index contributed by atoms with van der Waals surface area (Å²) in [6, 6.07) is 0.505. The third-order valence-electron chi connectivity index (χ3n) is 2.76. The van der Waals surface area contributed by atoms with E-state index in [0.29, 0.717) is 12.0 Å².